The van der Waals surface area contributed by atoms with Crippen LogP contribution in [0, 0.1) is 0 Å². The van der Waals surface area contributed by atoms with Crippen LogP contribution in [0.2, 0.25) is 0 Å². The van der Waals surface area contributed by atoms with Gasteiger partial charge in [0, 0.05) is 18.7 Å². The molecule has 0 aliphatic heterocycles. The highest BCUT2D eigenvalue weighted by Gasteiger charge is 2.16. The van der Waals surface area contributed by atoms with Crippen molar-refractivity contribution in [1.82, 2.24) is 0 Å². The van der Waals surface area contributed by atoms with E-state index >= 15 is 0 Å². The molecule has 3 aromatic carbocycles. The van der Waals surface area contributed by atoms with E-state index in [2.05, 4.69) is 0 Å². The summed E-state index contributed by atoms with van der Waals surface area (Å²) in [4.78, 5) is 12.9. The van der Waals surface area contributed by atoms with E-state index in [0.717, 1.165) is 5.56 Å². The number of carbonyl (C=O) groups excluding carboxylic acids is 1. The number of methoxy groups -OCH3 is 2. The Balaban J connectivity index is 1.73. The van der Waals surface area contributed by atoms with Gasteiger partial charge in [0.15, 0.2) is 12.6 Å². The first-order valence-corrected chi connectivity index (χ1v) is 8.82. The van der Waals surface area contributed by atoms with Crippen molar-refractivity contribution in [3.63, 3.8) is 0 Å². The van der Waals surface area contributed by atoms with Crippen LogP contribution in [0.25, 0.3) is 0 Å². The second-order valence-electron chi connectivity index (χ2n) is 6.04. The van der Waals surface area contributed by atoms with Gasteiger partial charge in [-0.25, -0.2) is 0 Å². The van der Waals surface area contributed by atoms with E-state index < -0.39 is 0 Å². The lowest BCUT2D eigenvalue weighted by molar-refractivity contribution is 0.0502. The third-order valence-corrected chi connectivity index (χ3v) is 4.13. The fraction of sp³-hybridized carbons (Fsp3) is 0.174. The van der Waals surface area contributed by atoms with Crippen LogP contribution in [0.4, 0.5) is 0 Å². The number of ketones is 1. The first-order chi connectivity index (χ1) is 13.7. The number of hydrogen-bond acceptors (Lipinski definition) is 5. The number of benzene rings is 3. The van der Waals surface area contributed by atoms with E-state index in [1.54, 1.807) is 49.6 Å². The normalized spacial score (nSPS) is 10.4. The number of rotatable bonds is 9. The number of ether oxygens (including phenoxy) is 4. The summed E-state index contributed by atoms with van der Waals surface area (Å²) in [7, 11) is 3.08. The molecule has 0 radical (unpaired) electrons. The van der Waals surface area contributed by atoms with E-state index in [1.165, 1.54) is 7.11 Å². The van der Waals surface area contributed by atoms with E-state index in [4.69, 9.17) is 18.9 Å². The van der Waals surface area contributed by atoms with Gasteiger partial charge in [-0.1, -0.05) is 30.3 Å². The van der Waals surface area contributed by atoms with Gasteiger partial charge in [0.25, 0.3) is 0 Å². The predicted octanol–water partition coefficient (Wildman–Crippen LogP) is 4.49. The Morgan fingerprint density at radius 2 is 1.54 bits per heavy atom. The molecule has 0 fully saturated rings. The Hall–Kier alpha value is -3.31. The molecule has 0 spiro atoms. The van der Waals surface area contributed by atoms with Crippen LogP contribution in [0.3, 0.4) is 0 Å². The lowest BCUT2D eigenvalue weighted by atomic mass is 10.0. The molecule has 0 saturated carbocycles. The summed E-state index contributed by atoms with van der Waals surface area (Å²) in [5, 5.41) is 0. The van der Waals surface area contributed by atoms with Crippen LogP contribution < -0.4 is 14.2 Å². The molecule has 0 aromatic heterocycles. The minimum Gasteiger partial charge on any atom is -0.497 e. The highest BCUT2D eigenvalue weighted by atomic mass is 16.7. The third-order valence-electron chi connectivity index (χ3n) is 4.13. The summed E-state index contributed by atoms with van der Waals surface area (Å²) in [6, 6.07) is 22.1. The maximum absolute atomic E-state index is 12.9. The summed E-state index contributed by atoms with van der Waals surface area (Å²) in [5.74, 6) is 1.57. The molecule has 3 aromatic rings. The van der Waals surface area contributed by atoms with E-state index in [-0.39, 0.29) is 12.6 Å². The van der Waals surface area contributed by atoms with Crippen LogP contribution in [0.5, 0.6) is 17.2 Å². The summed E-state index contributed by atoms with van der Waals surface area (Å²) in [6.45, 7) is 0.515. The molecule has 3 rings (SSSR count). The largest absolute Gasteiger partial charge is 0.497 e. The molecule has 28 heavy (non-hydrogen) atoms. The highest BCUT2D eigenvalue weighted by Crippen LogP contribution is 2.27. The minimum atomic E-state index is -0.150. The molecule has 0 heterocycles. The Kier molecular flexibility index (Phi) is 6.65. The molecular formula is C23H22O5. The third kappa shape index (κ3) is 4.90. The van der Waals surface area contributed by atoms with E-state index in [0.29, 0.717) is 35.0 Å². The Morgan fingerprint density at radius 1 is 0.821 bits per heavy atom. The molecule has 0 aliphatic carbocycles. The van der Waals surface area contributed by atoms with Gasteiger partial charge in [-0.05, 0) is 42.0 Å². The molecule has 5 nitrogen and oxygen atoms in total. The zero-order valence-corrected chi connectivity index (χ0v) is 15.9. The van der Waals surface area contributed by atoms with Crippen molar-refractivity contribution in [2.24, 2.45) is 0 Å². The van der Waals surface area contributed by atoms with Crippen LogP contribution in [-0.2, 0) is 11.3 Å². The molecule has 0 N–H and O–H groups in total. The summed E-state index contributed by atoms with van der Waals surface area (Å²) in [5.41, 5.74) is 2.07. The predicted molar refractivity (Wildman–Crippen MR) is 106 cm³/mol. The monoisotopic (exact) mass is 378 g/mol. The van der Waals surface area contributed by atoms with Crippen LogP contribution in [0.1, 0.15) is 21.5 Å². The standard InChI is InChI=1S/C23H22O5/c1-25-16-28-22-14-20(26-2)12-13-21(22)23(24)18-8-10-19(11-9-18)27-15-17-6-4-3-5-7-17/h3-14H,15-16H2,1-2H3. The van der Waals surface area contributed by atoms with Crippen molar-refractivity contribution in [2.75, 3.05) is 21.0 Å². The summed E-state index contributed by atoms with van der Waals surface area (Å²) in [6.07, 6.45) is 0. The molecule has 0 unspecified atom stereocenters. The highest BCUT2D eigenvalue weighted by molar-refractivity contribution is 6.10. The minimum absolute atomic E-state index is 0.0414. The first kappa shape index (κ1) is 19.5. The van der Waals surface area contributed by atoms with Gasteiger partial charge in [-0.3, -0.25) is 4.79 Å². The average Bonchev–Trinajstić information content (AvgIpc) is 2.76. The smallest absolute Gasteiger partial charge is 0.196 e. The molecule has 0 saturated heterocycles. The van der Waals surface area contributed by atoms with Crippen molar-refractivity contribution >= 4 is 5.78 Å². The number of carbonyl (C=O) groups is 1. The second kappa shape index (κ2) is 9.58. The van der Waals surface area contributed by atoms with Crippen LogP contribution in [-0.4, -0.2) is 26.8 Å². The van der Waals surface area contributed by atoms with Gasteiger partial charge in [-0.2, -0.15) is 0 Å². The van der Waals surface area contributed by atoms with Gasteiger partial charge in [0.05, 0.1) is 12.7 Å². The molecule has 0 bridgehead atoms. The Morgan fingerprint density at radius 3 is 2.21 bits per heavy atom. The van der Waals surface area contributed by atoms with Gasteiger partial charge < -0.3 is 18.9 Å². The van der Waals surface area contributed by atoms with Gasteiger partial charge >= 0.3 is 0 Å². The van der Waals surface area contributed by atoms with Crippen molar-refractivity contribution in [2.45, 2.75) is 6.61 Å². The molecular weight excluding hydrogens is 356 g/mol. The summed E-state index contributed by atoms with van der Waals surface area (Å²) >= 11 is 0. The van der Waals surface area contributed by atoms with Crippen molar-refractivity contribution in [3.8, 4) is 17.2 Å². The quantitative estimate of drug-likeness (QED) is 0.406. The fourth-order valence-electron chi connectivity index (χ4n) is 2.66. The van der Waals surface area contributed by atoms with Gasteiger partial charge in [0.2, 0.25) is 0 Å². The maximum Gasteiger partial charge on any atom is 0.196 e. The first-order valence-electron chi connectivity index (χ1n) is 8.82. The van der Waals surface area contributed by atoms with Gasteiger partial charge in [0.1, 0.15) is 23.9 Å². The lowest BCUT2D eigenvalue weighted by Crippen LogP contribution is -2.07. The molecule has 0 atom stereocenters. The zero-order chi connectivity index (χ0) is 19.8. The van der Waals surface area contributed by atoms with E-state index in [9.17, 15) is 4.79 Å². The molecule has 144 valence electrons. The average molecular weight is 378 g/mol. The van der Waals surface area contributed by atoms with Crippen LogP contribution >= 0.6 is 0 Å². The topological polar surface area (TPSA) is 54.0 Å². The SMILES string of the molecule is COCOc1cc(OC)ccc1C(=O)c1ccc(OCc2ccccc2)cc1. The molecule has 5 heteroatoms. The fourth-order valence-corrected chi connectivity index (χ4v) is 2.66. The zero-order valence-electron chi connectivity index (χ0n) is 15.9. The van der Waals surface area contributed by atoms with Crippen molar-refractivity contribution in [1.29, 1.82) is 0 Å². The lowest BCUT2D eigenvalue weighted by Gasteiger charge is -2.12. The second-order valence-corrected chi connectivity index (χ2v) is 6.04. The Labute approximate surface area is 164 Å². The molecule has 0 amide bonds. The van der Waals surface area contributed by atoms with Gasteiger partial charge in [-0.15, -0.1) is 0 Å². The Bertz CT molecular complexity index is 904. The van der Waals surface area contributed by atoms with Crippen LogP contribution in [0.15, 0.2) is 72.8 Å². The number of hydrogen-bond donors (Lipinski definition) is 0. The maximum atomic E-state index is 12.9. The molecule has 0 aliphatic rings. The van der Waals surface area contributed by atoms with E-state index in [1.807, 2.05) is 30.3 Å². The van der Waals surface area contributed by atoms with Crippen molar-refractivity contribution < 1.29 is 23.7 Å². The summed E-state index contributed by atoms with van der Waals surface area (Å²) < 4.78 is 21.5. The van der Waals surface area contributed by atoms with Crippen molar-refractivity contribution in [3.05, 3.63) is 89.5 Å².